The smallest absolute Gasteiger partial charge is 0.316 e. The minimum atomic E-state index is 0. The van der Waals surface area contributed by atoms with E-state index < -0.39 is 0 Å². The second-order valence-corrected chi connectivity index (χ2v) is 1.96. The molecular formula is C8H8MgO. The van der Waals surface area contributed by atoms with Crippen LogP contribution in [0.3, 0.4) is 0 Å². The summed E-state index contributed by atoms with van der Waals surface area (Å²) >= 11 is 0. The molecule has 0 radical (unpaired) electrons. The maximum atomic E-state index is 5.12. The maximum Gasteiger partial charge on any atom is 0.316 e. The molecule has 1 aromatic carbocycles. The van der Waals surface area contributed by atoms with Gasteiger partial charge in [0.1, 0.15) is 5.58 Å². The fraction of sp³-hybridized carbons (Fsp3) is 0. The fourth-order valence-electron chi connectivity index (χ4n) is 0.906. The zero-order valence-electron chi connectivity index (χ0n) is 4.87. The van der Waals surface area contributed by atoms with E-state index in [1.165, 1.54) is 0 Å². The number of rotatable bonds is 0. The molecule has 2 heteroatoms. The summed E-state index contributed by atoms with van der Waals surface area (Å²) < 4.78 is 5.12. The van der Waals surface area contributed by atoms with Gasteiger partial charge in [0.25, 0.3) is 0 Å². The molecule has 0 aliphatic rings. The van der Waals surface area contributed by atoms with E-state index >= 15 is 0 Å². The van der Waals surface area contributed by atoms with Crippen LogP contribution in [0.15, 0.2) is 41.0 Å². The predicted molar refractivity (Wildman–Crippen MR) is 44.8 cm³/mol. The molecule has 0 fully saturated rings. The molecule has 1 heterocycles. The lowest BCUT2D eigenvalue weighted by molar-refractivity contribution is 0.616. The van der Waals surface area contributed by atoms with E-state index in [1.807, 2.05) is 30.3 Å². The molecule has 0 bridgehead atoms. The molecule has 0 aliphatic heterocycles. The van der Waals surface area contributed by atoms with Gasteiger partial charge >= 0.3 is 23.1 Å². The molecule has 0 saturated carbocycles. The molecule has 0 N–H and O–H groups in total. The van der Waals surface area contributed by atoms with Crippen LogP contribution in [-0.2, 0) is 0 Å². The van der Waals surface area contributed by atoms with Gasteiger partial charge in [0.15, 0.2) is 0 Å². The SMILES string of the molecule is [MgH2].c1ccc2occc2c1. The average Bonchev–Trinajstić information content (AvgIpc) is 2.33. The van der Waals surface area contributed by atoms with Crippen LogP contribution in [0, 0.1) is 0 Å². The summed E-state index contributed by atoms with van der Waals surface area (Å²) in [4.78, 5) is 0. The van der Waals surface area contributed by atoms with Crippen molar-refractivity contribution in [1.82, 2.24) is 0 Å². The van der Waals surface area contributed by atoms with Crippen molar-refractivity contribution < 1.29 is 4.42 Å². The zero-order valence-corrected chi connectivity index (χ0v) is 4.87. The average molecular weight is 144 g/mol. The number of benzene rings is 1. The first-order valence-corrected chi connectivity index (χ1v) is 2.89. The number of para-hydroxylation sites is 1. The van der Waals surface area contributed by atoms with Gasteiger partial charge in [0.2, 0.25) is 0 Å². The van der Waals surface area contributed by atoms with Crippen molar-refractivity contribution in [3.05, 3.63) is 36.6 Å². The normalized spacial score (nSPS) is 9.20. The number of hydrogen-bond donors (Lipinski definition) is 0. The largest absolute Gasteiger partial charge is 0.464 e. The van der Waals surface area contributed by atoms with E-state index in [2.05, 4.69) is 0 Å². The fourth-order valence-corrected chi connectivity index (χ4v) is 0.906. The third-order valence-corrected chi connectivity index (χ3v) is 1.36. The highest BCUT2D eigenvalue weighted by Crippen LogP contribution is 2.12. The first kappa shape index (κ1) is 7.63. The summed E-state index contributed by atoms with van der Waals surface area (Å²) in [5, 5.41) is 1.16. The minimum Gasteiger partial charge on any atom is -0.464 e. The molecule has 0 aliphatic carbocycles. The van der Waals surface area contributed by atoms with Gasteiger partial charge in [-0.25, -0.2) is 0 Å². The van der Waals surface area contributed by atoms with Crippen LogP contribution in [-0.4, -0.2) is 23.1 Å². The standard InChI is InChI=1S/C8H6O.Mg.2H/c1-2-4-8-7(3-1)5-6-9-8;;;/h1-6H;;;. The van der Waals surface area contributed by atoms with Crippen LogP contribution in [0.2, 0.25) is 0 Å². The second kappa shape index (κ2) is 3.08. The third-order valence-electron chi connectivity index (χ3n) is 1.36. The summed E-state index contributed by atoms with van der Waals surface area (Å²) in [6, 6.07) is 9.90. The van der Waals surface area contributed by atoms with Gasteiger partial charge in [-0.05, 0) is 12.1 Å². The van der Waals surface area contributed by atoms with Gasteiger partial charge in [-0.3, -0.25) is 0 Å². The van der Waals surface area contributed by atoms with E-state index in [0.717, 1.165) is 11.0 Å². The molecule has 1 aromatic heterocycles. The first-order chi connectivity index (χ1) is 4.47. The van der Waals surface area contributed by atoms with E-state index in [-0.39, 0.29) is 23.1 Å². The molecule has 2 aromatic rings. The third kappa shape index (κ3) is 1.17. The number of fused-ring (bicyclic) bond motifs is 1. The summed E-state index contributed by atoms with van der Waals surface area (Å²) in [5.74, 6) is 0. The van der Waals surface area contributed by atoms with Crippen molar-refractivity contribution >= 4 is 34.0 Å². The molecule has 0 atom stereocenters. The lowest BCUT2D eigenvalue weighted by Crippen LogP contribution is -1.57. The Morgan fingerprint density at radius 3 is 2.60 bits per heavy atom. The number of furan rings is 1. The highest BCUT2D eigenvalue weighted by atomic mass is 24.3. The first-order valence-electron chi connectivity index (χ1n) is 2.89. The van der Waals surface area contributed by atoms with Gasteiger partial charge in [-0.1, -0.05) is 18.2 Å². The van der Waals surface area contributed by atoms with Crippen LogP contribution in [0.4, 0.5) is 0 Å². The molecule has 0 saturated heterocycles. The lowest BCUT2D eigenvalue weighted by atomic mass is 10.3. The van der Waals surface area contributed by atoms with Crippen LogP contribution in [0.1, 0.15) is 0 Å². The summed E-state index contributed by atoms with van der Waals surface area (Å²) in [5.41, 5.74) is 0.956. The summed E-state index contributed by atoms with van der Waals surface area (Å²) in [6.45, 7) is 0. The summed E-state index contributed by atoms with van der Waals surface area (Å²) in [6.07, 6.45) is 1.70. The van der Waals surface area contributed by atoms with Crippen molar-refractivity contribution in [3.63, 3.8) is 0 Å². The van der Waals surface area contributed by atoms with Gasteiger partial charge < -0.3 is 4.42 Å². The molecule has 10 heavy (non-hydrogen) atoms. The Morgan fingerprint density at radius 1 is 1.00 bits per heavy atom. The molecule has 0 amide bonds. The molecule has 0 spiro atoms. The van der Waals surface area contributed by atoms with Gasteiger partial charge in [0.05, 0.1) is 6.26 Å². The van der Waals surface area contributed by atoms with Gasteiger partial charge in [-0.2, -0.15) is 0 Å². The highest BCUT2D eigenvalue weighted by molar-refractivity contribution is 5.76. The Balaban J connectivity index is 0.000000500. The van der Waals surface area contributed by atoms with E-state index in [9.17, 15) is 0 Å². The van der Waals surface area contributed by atoms with Crippen molar-refractivity contribution in [2.24, 2.45) is 0 Å². The Bertz CT molecular complexity index is 283. The molecule has 0 unspecified atom stereocenters. The quantitative estimate of drug-likeness (QED) is 0.511. The number of hydrogen-bond acceptors (Lipinski definition) is 1. The Labute approximate surface area is 75.2 Å². The van der Waals surface area contributed by atoms with E-state index in [4.69, 9.17) is 4.42 Å². The highest BCUT2D eigenvalue weighted by Gasteiger charge is 1.89. The maximum absolute atomic E-state index is 5.12. The molecule has 2 rings (SSSR count). The summed E-state index contributed by atoms with van der Waals surface area (Å²) in [7, 11) is 0. The van der Waals surface area contributed by atoms with Gasteiger partial charge in [0, 0.05) is 5.39 Å². The van der Waals surface area contributed by atoms with Gasteiger partial charge in [-0.15, -0.1) is 0 Å². The Hall–Kier alpha value is -0.474. The minimum absolute atomic E-state index is 0. The Morgan fingerprint density at radius 2 is 1.80 bits per heavy atom. The van der Waals surface area contributed by atoms with Crippen LogP contribution in [0.5, 0.6) is 0 Å². The lowest BCUT2D eigenvalue weighted by Gasteiger charge is -1.81. The predicted octanol–water partition coefficient (Wildman–Crippen LogP) is 1.52. The van der Waals surface area contributed by atoms with Crippen molar-refractivity contribution in [2.45, 2.75) is 0 Å². The van der Waals surface area contributed by atoms with Crippen molar-refractivity contribution in [1.29, 1.82) is 0 Å². The zero-order chi connectivity index (χ0) is 6.10. The van der Waals surface area contributed by atoms with Crippen LogP contribution in [0.25, 0.3) is 11.0 Å². The molecule has 48 valence electrons. The van der Waals surface area contributed by atoms with Crippen molar-refractivity contribution in [2.75, 3.05) is 0 Å². The molecule has 1 nitrogen and oxygen atoms in total. The second-order valence-electron chi connectivity index (χ2n) is 1.96. The monoisotopic (exact) mass is 144 g/mol. The molecular weight excluding hydrogens is 136 g/mol. The van der Waals surface area contributed by atoms with E-state index in [1.54, 1.807) is 6.26 Å². The van der Waals surface area contributed by atoms with E-state index in [0.29, 0.717) is 0 Å². The van der Waals surface area contributed by atoms with Crippen molar-refractivity contribution in [3.8, 4) is 0 Å². The topological polar surface area (TPSA) is 13.1 Å². The Kier molecular flexibility index (Phi) is 2.35. The van der Waals surface area contributed by atoms with Crippen LogP contribution < -0.4 is 0 Å². The van der Waals surface area contributed by atoms with Crippen LogP contribution >= 0.6 is 0 Å².